The van der Waals surface area contributed by atoms with Crippen LogP contribution in [0.2, 0.25) is 5.02 Å². The predicted molar refractivity (Wildman–Crippen MR) is 93.7 cm³/mol. The highest BCUT2D eigenvalue weighted by Gasteiger charge is 2.40. The molecule has 0 radical (unpaired) electrons. The largest absolute Gasteiger partial charge is 0.481 e. The summed E-state index contributed by atoms with van der Waals surface area (Å²) in [6, 6.07) is 3.18. The zero-order chi connectivity index (χ0) is 17.7. The topological polar surface area (TPSA) is 79.1 Å². The fourth-order valence-electron chi connectivity index (χ4n) is 4.04. The number of anilines is 1. The molecule has 1 aromatic rings. The van der Waals surface area contributed by atoms with Crippen LogP contribution in [0.4, 0.5) is 5.69 Å². The monoisotopic (exact) mass is 364 g/mol. The lowest BCUT2D eigenvalue weighted by molar-refractivity contribution is -0.121. The molecule has 0 spiro atoms. The molecule has 1 unspecified atom stereocenters. The summed E-state index contributed by atoms with van der Waals surface area (Å²) in [5.74, 6) is 6.53. The summed E-state index contributed by atoms with van der Waals surface area (Å²) in [7, 11) is 1.64. The summed E-state index contributed by atoms with van der Waals surface area (Å²) in [5, 5.41) is 1.71. The average Bonchev–Trinajstić information content (AvgIpc) is 2.64. The molecule has 0 saturated carbocycles. The molecule has 1 atom stereocenters. The Kier molecular flexibility index (Phi) is 4.10. The van der Waals surface area contributed by atoms with Crippen LogP contribution in [-0.4, -0.2) is 61.1 Å². The average molecular weight is 365 g/mol. The Morgan fingerprint density at radius 1 is 1.36 bits per heavy atom. The smallest absolute Gasteiger partial charge is 0.271 e. The Morgan fingerprint density at radius 2 is 2.08 bits per heavy atom. The molecule has 4 aliphatic rings. The first-order valence-corrected chi connectivity index (χ1v) is 8.87. The van der Waals surface area contributed by atoms with Gasteiger partial charge in [0.05, 0.1) is 17.3 Å². The van der Waals surface area contributed by atoms with Gasteiger partial charge in [0, 0.05) is 18.6 Å². The third kappa shape index (κ3) is 2.76. The van der Waals surface area contributed by atoms with Crippen molar-refractivity contribution in [2.45, 2.75) is 18.9 Å². The summed E-state index contributed by atoms with van der Waals surface area (Å²) in [6.07, 6.45) is 2.13. The minimum Gasteiger partial charge on any atom is -0.481 e. The van der Waals surface area contributed by atoms with E-state index in [1.54, 1.807) is 19.2 Å². The standard InChI is InChI=1S/C17H21ClN4O3/c1-20-13-7-11(18)6-12(16(13)25-9-15(20)23)17(24)22(19)14-8-21-4-2-10(14)3-5-21/h6-7,10,14H,2-5,8-9,19H2,1H3. The van der Waals surface area contributed by atoms with E-state index < -0.39 is 0 Å². The number of amides is 2. The van der Waals surface area contributed by atoms with Crippen molar-refractivity contribution >= 4 is 29.1 Å². The number of nitrogens with zero attached hydrogens (tertiary/aromatic N) is 3. The number of halogens is 1. The van der Waals surface area contributed by atoms with E-state index >= 15 is 0 Å². The third-order valence-corrected chi connectivity index (χ3v) is 5.77. The predicted octanol–water partition coefficient (Wildman–Crippen LogP) is 1.11. The Labute approximate surface area is 151 Å². The van der Waals surface area contributed by atoms with Crippen molar-refractivity contribution in [3.05, 3.63) is 22.7 Å². The number of hydrogen-bond donors (Lipinski definition) is 1. The van der Waals surface area contributed by atoms with Gasteiger partial charge in [-0.3, -0.25) is 14.6 Å². The molecule has 2 bridgehead atoms. The fourth-order valence-corrected chi connectivity index (χ4v) is 4.26. The molecule has 0 aliphatic carbocycles. The molecule has 5 rings (SSSR count). The van der Waals surface area contributed by atoms with Crippen LogP contribution in [0.5, 0.6) is 5.75 Å². The van der Waals surface area contributed by atoms with Gasteiger partial charge in [-0.25, -0.2) is 5.84 Å². The lowest BCUT2D eigenvalue weighted by atomic mass is 9.83. The first kappa shape index (κ1) is 16.6. The van der Waals surface area contributed by atoms with E-state index in [2.05, 4.69) is 4.90 Å². The van der Waals surface area contributed by atoms with Gasteiger partial charge in [-0.15, -0.1) is 0 Å². The number of hydrazine groups is 1. The van der Waals surface area contributed by atoms with Crippen molar-refractivity contribution in [3.8, 4) is 5.75 Å². The van der Waals surface area contributed by atoms with E-state index in [9.17, 15) is 9.59 Å². The summed E-state index contributed by atoms with van der Waals surface area (Å²) < 4.78 is 5.55. The Bertz CT molecular complexity index is 733. The molecule has 0 aromatic heterocycles. The molecule has 2 amide bonds. The van der Waals surface area contributed by atoms with Gasteiger partial charge in [0.1, 0.15) is 0 Å². The van der Waals surface area contributed by atoms with Gasteiger partial charge in [0.25, 0.3) is 11.8 Å². The van der Waals surface area contributed by atoms with Crippen molar-refractivity contribution in [3.63, 3.8) is 0 Å². The van der Waals surface area contributed by atoms with Crippen LogP contribution in [0.15, 0.2) is 12.1 Å². The number of likely N-dealkylation sites (N-methyl/N-ethyl adjacent to an activating group) is 1. The fraction of sp³-hybridized carbons (Fsp3) is 0.529. The molecule has 4 heterocycles. The van der Waals surface area contributed by atoms with E-state index in [1.165, 1.54) is 9.91 Å². The van der Waals surface area contributed by atoms with Crippen molar-refractivity contribution in [2.24, 2.45) is 11.8 Å². The molecule has 7 nitrogen and oxygen atoms in total. The van der Waals surface area contributed by atoms with Crippen LogP contribution >= 0.6 is 11.6 Å². The number of piperidine rings is 3. The SMILES string of the molecule is CN1C(=O)COc2c(C(=O)N(N)C3CN4CCC3CC4)cc(Cl)cc21. The van der Waals surface area contributed by atoms with E-state index in [-0.39, 0.29) is 24.5 Å². The van der Waals surface area contributed by atoms with Crippen molar-refractivity contribution in [1.82, 2.24) is 9.91 Å². The highest BCUT2D eigenvalue weighted by Crippen LogP contribution is 2.39. The summed E-state index contributed by atoms with van der Waals surface area (Å²) in [4.78, 5) is 28.7. The highest BCUT2D eigenvalue weighted by atomic mass is 35.5. The second kappa shape index (κ2) is 6.16. The van der Waals surface area contributed by atoms with Gasteiger partial charge < -0.3 is 14.5 Å². The van der Waals surface area contributed by atoms with E-state index in [0.29, 0.717) is 27.9 Å². The first-order valence-electron chi connectivity index (χ1n) is 8.49. The number of hydrogen-bond acceptors (Lipinski definition) is 5. The van der Waals surface area contributed by atoms with Gasteiger partial charge in [-0.1, -0.05) is 11.6 Å². The van der Waals surface area contributed by atoms with Crippen LogP contribution in [0.3, 0.4) is 0 Å². The second-order valence-corrected chi connectivity index (χ2v) is 7.40. The first-order chi connectivity index (χ1) is 12.0. The summed E-state index contributed by atoms with van der Waals surface area (Å²) in [5.41, 5.74) is 0.801. The van der Waals surface area contributed by atoms with Crippen molar-refractivity contribution < 1.29 is 14.3 Å². The lowest BCUT2D eigenvalue weighted by Gasteiger charge is -2.47. The minimum absolute atomic E-state index is 0.00687. The number of nitrogens with two attached hydrogens (primary N) is 1. The molecule has 8 heteroatoms. The maximum Gasteiger partial charge on any atom is 0.271 e. The molecule has 25 heavy (non-hydrogen) atoms. The summed E-state index contributed by atoms with van der Waals surface area (Å²) in [6.45, 7) is 2.85. The quantitative estimate of drug-likeness (QED) is 0.483. The molecule has 134 valence electrons. The highest BCUT2D eigenvalue weighted by molar-refractivity contribution is 6.31. The number of carbonyl (C=O) groups excluding carboxylic acids is 2. The van der Waals surface area contributed by atoms with Crippen LogP contribution in [0.1, 0.15) is 23.2 Å². The lowest BCUT2D eigenvalue weighted by Crippen LogP contribution is -2.60. The van der Waals surface area contributed by atoms with E-state index in [1.807, 2.05) is 0 Å². The van der Waals surface area contributed by atoms with Crippen LogP contribution in [0, 0.1) is 5.92 Å². The number of fused-ring (bicyclic) bond motifs is 4. The van der Waals surface area contributed by atoms with E-state index in [4.69, 9.17) is 22.2 Å². The van der Waals surface area contributed by atoms with Gasteiger partial charge in [-0.05, 0) is 44.0 Å². The number of benzene rings is 1. The van der Waals surface area contributed by atoms with Gasteiger partial charge in [-0.2, -0.15) is 0 Å². The number of carbonyl (C=O) groups is 2. The second-order valence-electron chi connectivity index (χ2n) is 6.96. The Hall–Kier alpha value is -1.83. The molecule has 3 saturated heterocycles. The van der Waals surface area contributed by atoms with Gasteiger partial charge in [0.2, 0.25) is 0 Å². The molecule has 1 aromatic carbocycles. The van der Waals surface area contributed by atoms with Gasteiger partial charge >= 0.3 is 0 Å². The molecule has 2 N–H and O–H groups in total. The zero-order valence-electron chi connectivity index (χ0n) is 14.1. The molecule has 4 aliphatic heterocycles. The third-order valence-electron chi connectivity index (χ3n) is 5.55. The van der Waals surface area contributed by atoms with Crippen molar-refractivity contribution in [1.29, 1.82) is 0 Å². The van der Waals surface area contributed by atoms with Gasteiger partial charge in [0.15, 0.2) is 12.4 Å². The number of rotatable bonds is 2. The molecule has 3 fully saturated rings. The maximum atomic E-state index is 13.1. The Balaban J connectivity index is 1.66. The normalized spacial score (nSPS) is 27.7. The minimum atomic E-state index is -0.319. The van der Waals surface area contributed by atoms with Crippen LogP contribution in [-0.2, 0) is 4.79 Å². The van der Waals surface area contributed by atoms with Crippen LogP contribution < -0.4 is 15.5 Å². The molecular weight excluding hydrogens is 344 g/mol. The van der Waals surface area contributed by atoms with Crippen molar-refractivity contribution in [2.75, 3.05) is 38.2 Å². The van der Waals surface area contributed by atoms with Crippen LogP contribution in [0.25, 0.3) is 0 Å². The number of ether oxygens (including phenoxy) is 1. The zero-order valence-corrected chi connectivity index (χ0v) is 14.8. The Morgan fingerprint density at radius 3 is 2.72 bits per heavy atom. The molecular formula is C17H21ClN4O3. The maximum absolute atomic E-state index is 13.1. The summed E-state index contributed by atoms with van der Waals surface area (Å²) >= 11 is 6.18. The van der Waals surface area contributed by atoms with E-state index in [0.717, 1.165) is 32.5 Å².